The summed E-state index contributed by atoms with van der Waals surface area (Å²) < 4.78 is 15.6. The maximum absolute atomic E-state index is 11.9. The Balaban J connectivity index is 1.68. The van der Waals surface area contributed by atoms with Crippen LogP contribution < -0.4 is 9.47 Å². The lowest BCUT2D eigenvalue weighted by Gasteiger charge is -2.06. The molecule has 1 aliphatic heterocycles. The Morgan fingerprint density at radius 1 is 1.32 bits per heavy atom. The van der Waals surface area contributed by atoms with Gasteiger partial charge in [-0.1, -0.05) is 11.6 Å². The van der Waals surface area contributed by atoms with E-state index in [0.717, 1.165) is 0 Å². The van der Waals surface area contributed by atoms with Gasteiger partial charge in [0.25, 0.3) is 0 Å². The second kappa shape index (κ2) is 5.73. The number of aromatic nitrogens is 1. The Morgan fingerprint density at radius 3 is 2.86 bits per heavy atom. The third-order valence-electron chi connectivity index (χ3n) is 3.17. The maximum atomic E-state index is 11.9. The molecule has 1 aliphatic rings. The van der Waals surface area contributed by atoms with Crippen LogP contribution in [0.5, 0.6) is 11.5 Å². The molecule has 0 fully saturated rings. The Labute approximate surface area is 130 Å². The summed E-state index contributed by atoms with van der Waals surface area (Å²) in [6.07, 6.45) is 1.47. The minimum atomic E-state index is -0.554. The predicted molar refractivity (Wildman–Crippen MR) is 77.5 cm³/mol. The number of rotatable bonds is 4. The maximum Gasteiger partial charge on any atom is 0.355 e. The molecule has 0 aliphatic carbocycles. The molecule has 0 amide bonds. The molecule has 22 heavy (non-hydrogen) atoms. The topological polar surface area (TPSA) is 77.6 Å². The van der Waals surface area contributed by atoms with Crippen molar-refractivity contribution in [2.75, 3.05) is 6.79 Å². The number of ether oxygens (including phenoxy) is 3. The fraction of sp³-hybridized carbons (Fsp3) is 0.200. The molecular weight excluding hydrogens is 310 g/mol. The lowest BCUT2D eigenvalue weighted by atomic mass is 10.2. The third-order valence-corrected chi connectivity index (χ3v) is 3.45. The second-order valence-corrected chi connectivity index (χ2v) is 5.15. The van der Waals surface area contributed by atoms with Gasteiger partial charge in [-0.3, -0.25) is 4.79 Å². The summed E-state index contributed by atoms with van der Waals surface area (Å²) >= 11 is 6.06. The van der Waals surface area contributed by atoms with Crippen LogP contribution in [0.3, 0.4) is 0 Å². The van der Waals surface area contributed by atoms with Gasteiger partial charge in [-0.25, -0.2) is 4.79 Å². The van der Waals surface area contributed by atoms with Crippen LogP contribution in [0.1, 0.15) is 33.3 Å². The highest BCUT2D eigenvalue weighted by atomic mass is 35.5. The molecule has 1 aromatic carbocycles. The first-order chi connectivity index (χ1) is 10.5. The van der Waals surface area contributed by atoms with Gasteiger partial charge >= 0.3 is 5.97 Å². The van der Waals surface area contributed by atoms with E-state index in [9.17, 15) is 9.59 Å². The number of aromatic amines is 1. The van der Waals surface area contributed by atoms with E-state index >= 15 is 0 Å². The number of fused-ring (bicyclic) bond motifs is 1. The molecule has 0 saturated heterocycles. The zero-order valence-electron chi connectivity index (χ0n) is 11.6. The fourth-order valence-corrected chi connectivity index (χ4v) is 2.33. The normalized spacial score (nSPS) is 12.3. The van der Waals surface area contributed by atoms with Gasteiger partial charge in [0.05, 0.1) is 5.02 Å². The van der Waals surface area contributed by atoms with Crippen LogP contribution in [-0.4, -0.2) is 23.5 Å². The van der Waals surface area contributed by atoms with Crippen molar-refractivity contribution in [1.29, 1.82) is 0 Å². The minimum absolute atomic E-state index is 0.0314. The first-order valence-electron chi connectivity index (χ1n) is 6.49. The van der Waals surface area contributed by atoms with Crippen LogP contribution in [0.25, 0.3) is 0 Å². The van der Waals surface area contributed by atoms with Crippen molar-refractivity contribution in [2.45, 2.75) is 13.5 Å². The summed E-state index contributed by atoms with van der Waals surface area (Å²) in [5.41, 5.74) is 1.33. The van der Waals surface area contributed by atoms with Crippen molar-refractivity contribution in [3.63, 3.8) is 0 Å². The van der Waals surface area contributed by atoms with E-state index in [2.05, 4.69) is 4.98 Å². The van der Waals surface area contributed by atoms with E-state index in [4.69, 9.17) is 25.8 Å². The standard InChI is InChI=1S/C15H12ClNO5/c1-8(18)10-4-12(17-5-10)15(19)20-6-9-2-11(16)14-13(3-9)21-7-22-14/h2-5,17H,6-7H2,1H3. The second-order valence-electron chi connectivity index (χ2n) is 4.75. The smallest absolute Gasteiger partial charge is 0.355 e. The van der Waals surface area contributed by atoms with Crippen molar-refractivity contribution >= 4 is 23.4 Å². The van der Waals surface area contributed by atoms with Gasteiger partial charge in [-0.15, -0.1) is 0 Å². The van der Waals surface area contributed by atoms with Crippen LogP contribution >= 0.6 is 11.6 Å². The summed E-state index contributed by atoms with van der Waals surface area (Å²) in [5.74, 6) is 0.337. The van der Waals surface area contributed by atoms with Gasteiger partial charge in [0.15, 0.2) is 17.3 Å². The van der Waals surface area contributed by atoms with Gasteiger partial charge in [-0.2, -0.15) is 0 Å². The van der Waals surface area contributed by atoms with Gasteiger partial charge in [0, 0.05) is 11.8 Å². The largest absolute Gasteiger partial charge is 0.456 e. The van der Waals surface area contributed by atoms with Crippen LogP contribution in [0.15, 0.2) is 24.4 Å². The van der Waals surface area contributed by atoms with Crippen molar-refractivity contribution < 1.29 is 23.8 Å². The molecular formula is C15H12ClNO5. The molecule has 0 saturated carbocycles. The first-order valence-corrected chi connectivity index (χ1v) is 6.87. The number of hydrogen-bond acceptors (Lipinski definition) is 5. The van der Waals surface area contributed by atoms with E-state index < -0.39 is 5.97 Å². The molecule has 0 spiro atoms. The number of halogens is 1. The lowest BCUT2D eigenvalue weighted by molar-refractivity contribution is 0.0466. The highest BCUT2D eigenvalue weighted by molar-refractivity contribution is 6.32. The van der Waals surface area contributed by atoms with E-state index in [-0.39, 0.29) is 24.9 Å². The molecule has 6 nitrogen and oxygen atoms in total. The molecule has 1 N–H and O–H groups in total. The number of ketones is 1. The Kier molecular flexibility index (Phi) is 3.77. The van der Waals surface area contributed by atoms with Gasteiger partial charge in [0.1, 0.15) is 12.3 Å². The number of H-pyrrole nitrogens is 1. The van der Waals surface area contributed by atoms with Gasteiger partial charge in [0.2, 0.25) is 6.79 Å². The van der Waals surface area contributed by atoms with E-state index in [1.54, 1.807) is 12.1 Å². The van der Waals surface area contributed by atoms with Crippen LogP contribution in [0.4, 0.5) is 0 Å². The van der Waals surface area contributed by atoms with Crippen LogP contribution in [-0.2, 0) is 11.3 Å². The van der Waals surface area contributed by atoms with E-state index in [0.29, 0.717) is 27.6 Å². The van der Waals surface area contributed by atoms with E-state index in [1.807, 2.05) is 0 Å². The van der Waals surface area contributed by atoms with Crippen LogP contribution in [0, 0.1) is 0 Å². The summed E-state index contributed by atoms with van der Waals surface area (Å²) in [6, 6.07) is 4.81. The zero-order chi connectivity index (χ0) is 15.7. The number of nitrogens with one attached hydrogen (secondary N) is 1. The summed E-state index contributed by atoms with van der Waals surface area (Å²) in [7, 11) is 0. The third kappa shape index (κ3) is 2.78. The monoisotopic (exact) mass is 321 g/mol. The molecule has 0 bridgehead atoms. The van der Waals surface area contributed by atoms with Gasteiger partial charge < -0.3 is 19.2 Å². The average molecular weight is 322 g/mol. The van der Waals surface area contributed by atoms with Crippen molar-refractivity contribution in [3.05, 3.63) is 46.2 Å². The summed E-state index contributed by atoms with van der Waals surface area (Å²) in [6.45, 7) is 1.57. The summed E-state index contributed by atoms with van der Waals surface area (Å²) in [5, 5.41) is 0.403. The molecule has 0 atom stereocenters. The number of hydrogen-bond donors (Lipinski definition) is 1. The Bertz CT molecular complexity index is 752. The number of benzene rings is 1. The quantitative estimate of drug-likeness (QED) is 0.692. The van der Waals surface area contributed by atoms with Crippen LogP contribution in [0.2, 0.25) is 5.02 Å². The predicted octanol–water partition coefficient (Wildman–Crippen LogP) is 2.96. The fourth-order valence-electron chi connectivity index (χ4n) is 2.05. The van der Waals surface area contributed by atoms with Crippen molar-refractivity contribution in [2.24, 2.45) is 0 Å². The molecule has 114 valence electrons. The lowest BCUT2D eigenvalue weighted by Crippen LogP contribution is -2.05. The SMILES string of the molecule is CC(=O)c1c[nH]c(C(=O)OCc2cc(Cl)c3c(c2)OCO3)c1. The first kappa shape index (κ1) is 14.5. The van der Waals surface area contributed by atoms with E-state index in [1.165, 1.54) is 19.2 Å². The summed E-state index contributed by atoms with van der Waals surface area (Å²) in [4.78, 5) is 25.8. The molecule has 0 radical (unpaired) electrons. The average Bonchev–Trinajstić information content (AvgIpc) is 3.13. The van der Waals surface area contributed by atoms with Gasteiger partial charge in [-0.05, 0) is 30.7 Å². The molecule has 3 rings (SSSR count). The highest BCUT2D eigenvalue weighted by Crippen LogP contribution is 2.39. The number of Topliss-reactive ketones (excluding diaryl/α,β-unsaturated/α-hetero) is 1. The molecule has 7 heteroatoms. The minimum Gasteiger partial charge on any atom is -0.456 e. The Morgan fingerprint density at radius 2 is 2.14 bits per heavy atom. The molecule has 0 unspecified atom stereocenters. The number of carbonyl (C=O) groups is 2. The number of esters is 1. The molecule has 2 aromatic rings. The van der Waals surface area contributed by atoms with Crippen molar-refractivity contribution in [1.82, 2.24) is 4.98 Å². The highest BCUT2D eigenvalue weighted by Gasteiger charge is 2.19. The molecule has 2 heterocycles. The zero-order valence-corrected chi connectivity index (χ0v) is 12.4. The Hall–Kier alpha value is -2.47. The molecule has 1 aromatic heterocycles. The number of carbonyl (C=O) groups excluding carboxylic acids is 2. The van der Waals surface area contributed by atoms with Crippen molar-refractivity contribution in [3.8, 4) is 11.5 Å².